The Balaban J connectivity index is 1.03. The highest BCUT2D eigenvalue weighted by molar-refractivity contribution is 6.13. The topological polar surface area (TPSA) is 329 Å². The maximum Gasteiger partial charge on any atom is 0.408 e. The van der Waals surface area contributed by atoms with Gasteiger partial charge in [0.05, 0.1) is 19.0 Å². The Morgan fingerprint density at radius 3 is 2.23 bits per heavy atom. The number of carbonyl (C=O) groups excluding carboxylic acids is 7. The zero-order chi connectivity index (χ0) is 43.7. The van der Waals surface area contributed by atoms with E-state index < -0.39 is 96.9 Å². The zero-order valence-electron chi connectivity index (χ0n) is 32.9. The largest absolute Gasteiger partial charge is 0.445 e. The number of nitrogens with one attached hydrogen (secondary N) is 7. The summed E-state index contributed by atoms with van der Waals surface area (Å²) >= 11 is 0. The van der Waals surface area contributed by atoms with Crippen LogP contribution in [0.2, 0.25) is 0 Å². The van der Waals surface area contributed by atoms with E-state index in [-0.39, 0.29) is 31.3 Å². The van der Waals surface area contributed by atoms with Crippen LogP contribution in [-0.4, -0.2) is 144 Å². The number of alkyl carbamates (subject to hydrolysis) is 1. The van der Waals surface area contributed by atoms with Gasteiger partial charge in [-0.3, -0.25) is 33.7 Å². The summed E-state index contributed by atoms with van der Waals surface area (Å²) in [6.07, 6.45) is -1.93. The number of amides is 7. The maximum atomic E-state index is 13.0. The van der Waals surface area contributed by atoms with Crippen molar-refractivity contribution in [3.63, 3.8) is 0 Å². The molecule has 5 rings (SSSR count). The van der Waals surface area contributed by atoms with Gasteiger partial charge in [-0.05, 0) is 37.5 Å². The summed E-state index contributed by atoms with van der Waals surface area (Å²) in [7, 11) is 0. The molecule has 60 heavy (non-hydrogen) atoms. The van der Waals surface area contributed by atoms with Crippen LogP contribution in [0, 0.1) is 5.92 Å². The van der Waals surface area contributed by atoms with Gasteiger partial charge in [0.2, 0.25) is 23.6 Å². The minimum atomic E-state index is -1.61. The van der Waals surface area contributed by atoms with Gasteiger partial charge >= 0.3 is 6.09 Å². The number of hydrogen-bond acceptors (Lipinski definition) is 16. The quantitative estimate of drug-likeness (QED) is 0.0651. The number of fused-ring (bicyclic) bond motifs is 1. The average molecular weight is 838 g/mol. The van der Waals surface area contributed by atoms with Crippen molar-refractivity contribution in [2.75, 3.05) is 23.8 Å². The fourth-order valence-corrected chi connectivity index (χ4v) is 6.10. The maximum absolute atomic E-state index is 13.0. The number of aromatic nitrogens is 4. The second-order valence-electron chi connectivity index (χ2n) is 14.3. The van der Waals surface area contributed by atoms with Crippen molar-refractivity contribution in [2.45, 2.75) is 89.4 Å². The minimum absolute atomic E-state index is 0.147. The van der Waals surface area contributed by atoms with Crippen LogP contribution in [-0.2, 0) is 44.8 Å². The highest BCUT2D eigenvalue weighted by Crippen LogP contribution is 2.25. The molecule has 1 fully saturated rings. The molecule has 1 saturated heterocycles. The second kappa shape index (κ2) is 19.9. The molecule has 7 amide bonds. The molecule has 0 saturated carbocycles. The van der Waals surface area contributed by atoms with Crippen LogP contribution in [0.1, 0.15) is 39.7 Å². The number of H-pyrrole nitrogens is 1. The van der Waals surface area contributed by atoms with Crippen molar-refractivity contribution in [3.05, 3.63) is 54.6 Å². The molecule has 23 heteroatoms. The van der Waals surface area contributed by atoms with Gasteiger partial charge in [0.25, 0.3) is 11.8 Å². The van der Waals surface area contributed by atoms with Gasteiger partial charge in [-0.25, -0.2) is 19.7 Å². The molecule has 1 aromatic carbocycles. The molecule has 2 aliphatic heterocycles. The third-order valence-corrected chi connectivity index (χ3v) is 9.54. The molecular formula is C37H47N11O12. The van der Waals surface area contributed by atoms with Crippen LogP contribution in [0.15, 0.2) is 49.1 Å². The first-order valence-corrected chi connectivity index (χ1v) is 18.9. The number of aromatic amines is 1. The lowest BCUT2D eigenvalue weighted by Crippen LogP contribution is -2.67. The third kappa shape index (κ3) is 11.1. The van der Waals surface area contributed by atoms with E-state index in [1.165, 1.54) is 38.6 Å². The van der Waals surface area contributed by atoms with Gasteiger partial charge < -0.3 is 61.7 Å². The van der Waals surface area contributed by atoms with Crippen LogP contribution in [0.5, 0.6) is 0 Å². The number of aliphatic hydroxyl groups excluding tert-OH is 3. The van der Waals surface area contributed by atoms with E-state index >= 15 is 0 Å². The number of aliphatic hydroxyl groups is 3. The Bertz CT molecular complexity index is 2070. The van der Waals surface area contributed by atoms with Crippen molar-refractivity contribution in [1.29, 1.82) is 0 Å². The molecular weight excluding hydrogens is 790 g/mol. The Morgan fingerprint density at radius 1 is 0.883 bits per heavy atom. The molecule has 23 nitrogen and oxygen atoms in total. The molecule has 322 valence electrons. The van der Waals surface area contributed by atoms with E-state index in [0.717, 1.165) is 17.1 Å². The van der Waals surface area contributed by atoms with Gasteiger partial charge in [0.15, 0.2) is 17.7 Å². The Hall–Kier alpha value is -6.56. The summed E-state index contributed by atoms with van der Waals surface area (Å²) in [5.74, 6) is -3.69. The summed E-state index contributed by atoms with van der Waals surface area (Å²) in [4.78, 5) is 103. The Labute approximate surface area is 342 Å². The summed E-state index contributed by atoms with van der Waals surface area (Å²) in [6, 6.07) is 1.75. The van der Waals surface area contributed by atoms with E-state index in [9.17, 15) is 48.9 Å². The molecule has 0 spiro atoms. The van der Waals surface area contributed by atoms with E-state index in [4.69, 9.17) is 9.47 Å². The number of rotatable bonds is 17. The van der Waals surface area contributed by atoms with Gasteiger partial charge in [-0.15, -0.1) is 0 Å². The van der Waals surface area contributed by atoms with Crippen LogP contribution in [0.4, 0.5) is 16.3 Å². The number of carbonyl (C=O) groups is 7. The van der Waals surface area contributed by atoms with Crippen molar-refractivity contribution in [2.24, 2.45) is 5.92 Å². The fourth-order valence-electron chi connectivity index (χ4n) is 6.10. The van der Waals surface area contributed by atoms with Crippen molar-refractivity contribution < 1.29 is 58.4 Å². The molecule has 0 bridgehead atoms. The Morgan fingerprint density at radius 2 is 1.57 bits per heavy atom. The third-order valence-electron chi connectivity index (χ3n) is 9.54. The summed E-state index contributed by atoms with van der Waals surface area (Å²) in [5.41, 5.74) is 1.63. The molecule has 0 unspecified atom stereocenters. The number of hydrogen-bond donors (Lipinski definition) is 10. The number of imidazole rings is 1. The predicted octanol–water partition coefficient (Wildman–Crippen LogP) is -2.10. The van der Waals surface area contributed by atoms with Gasteiger partial charge in [0.1, 0.15) is 54.9 Å². The van der Waals surface area contributed by atoms with E-state index in [2.05, 4.69) is 51.8 Å². The van der Waals surface area contributed by atoms with E-state index in [1.54, 1.807) is 26.0 Å². The molecule has 3 aromatic rings. The van der Waals surface area contributed by atoms with E-state index in [0.29, 0.717) is 22.4 Å². The lowest BCUT2D eigenvalue weighted by atomic mass is 9.95. The highest BCUT2D eigenvalue weighted by atomic mass is 16.6. The average Bonchev–Trinajstić information content (AvgIpc) is 3.84. The lowest BCUT2D eigenvalue weighted by molar-refractivity contribution is -0.185. The van der Waals surface area contributed by atoms with Crippen molar-refractivity contribution in [3.8, 4) is 0 Å². The molecule has 0 radical (unpaired) electrons. The van der Waals surface area contributed by atoms with Crippen LogP contribution < -0.4 is 31.9 Å². The highest BCUT2D eigenvalue weighted by Gasteiger charge is 2.45. The Kier molecular flexibility index (Phi) is 14.8. The monoisotopic (exact) mass is 837 g/mol. The number of ether oxygens (including phenoxy) is 2. The summed E-state index contributed by atoms with van der Waals surface area (Å²) < 4.78 is 11.0. The minimum Gasteiger partial charge on any atom is -0.445 e. The standard InChI is InChI=1S/C37H47N11O12/c1-17(2)26(45-23(50)11-12-48-24(51)9-10-25(48)52)35(57)42-18(3)33(55)44-21-7-5-20(6-8-21)14-59-37(58)43-19(4)34(56)46-27-22(13-49)60-36(30(54)29(27)53)47-32-28-31(39-15-38-28)40-16-41-32/h5-10,15-19,22,26-27,29-30,36,49,53-54H,11-14H2,1-4H3,(H,42,57)(H,43,58)(H,44,55)(H,45,50)(H,46,56)(H2,38,39,40,41,47)/t18-,19+,22-,26-,27-,29+,30-,36-/m0/s1. The van der Waals surface area contributed by atoms with Crippen LogP contribution in [0.25, 0.3) is 11.2 Å². The normalized spacial score (nSPS) is 21.5. The fraction of sp³-hybridized carbons (Fsp3) is 0.459. The summed E-state index contributed by atoms with van der Waals surface area (Å²) in [5, 5.41) is 47.2. The zero-order valence-corrected chi connectivity index (χ0v) is 32.9. The molecule has 2 aliphatic rings. The van der Waals surface area contributed by atoms with Gasteiger partial charge in [0, 0.05) is 30.8 Å². The van der Waals surface area contributed by atoms with Gasteiger partial charge in [-0.1, -0.05) is 26.0 Å². The van der Waals surface area contributed by atoms with Gasteiger partial charge in [-0.2, -0.15) is 0 Å². The molecule has 8 atom stereocenters. The first-order valence-electron chi connectivity index (χ1n) is 18.9. The number of imide groups is 1. The first-order chi connectivity index (χ1) is 28.6. The molecule has 10 N–H and O–H groups in total. The van der Waals surface area contributed by atoms with Crippen LogP contribution >= 0.6 is 0 Å². The smallest absolute Gasteiger partial charge is 0.408 e. The number of nitrogens with zero attached hydrogens (tertiary/aromatic N) is 4. The van der Waals surface area contributed by atoms with Crippen molar-refractivity contribution in [1.82, 2.24) is 46.1 Å². The van der Waals surface area contributed by atoms with Crippen molar-refractivity contribution >= 4 is 64.2 Å². The molecule has 2 aromatic heterocycles. The van der Waals surface area contributed by atoms with E-state index in [1.807, 2.05) is 0 Å². The SMILES string of the molecule is CC(C)[C@H](NC(=O)CCN1C(=O)C=CC1=O)C(=O)N[C@@H](C)C(=O)Nc1ccc(COC(=O)N[C@H](C)C(=O)N[C@@H]2[C@@H](O)[C@H](O)[C@@H](Nc3ncnc4nc[nH]c34)O[C@H]2CO)cc1. The molecule has 4 heterocycles. The lowest BCUT2D eigenvalue weighted by Gasteiger charge is -2.43. The second-order valence-corrected chi connectivity index (χ2v) is 14.3. The van der Waals surface area contributed by atoms with Crippen LogP contribution in [0.3, 0.4) is 0 Å². The number of anilines is 2. The first kappa shape index (κ1) is 44.5. The number of benzene rings is 1. The predicted molar refractivity (Wildman–Crippen MR) is 208 cm³/mol. The summed E-state index contributed by atoms with van der Waals surface area (Å²) in [6.45, 7) is 5.21. The molecule has 0 aliphatic carbocycles.